The van der Waals surface area contributed by atoms with E-state index in [1.54, 1.807) is 25.3 Å². The maximum Gasteiger partial charge on any atom is 0.169 e. The molecule has 21 heavy (non-hydrogen) atoms. The number of ether oxygens (including phenoxy) is 2. The average molecular weight is 295 g/mol. The zero-order valence-corrected chi connectivity index (χ0v) is 13.4. The molecule has 1 aromatic rings. The van der Waals surface area contributed by atoms with E-state index in [1.165, 1.54) is 7.11 Å². The van der Waals surface area contributed by atoms with Gasteiger partial charge in [-0.1, -0.05) is 26.0 Å². The minimum atomic E-state index is -0.497. The van der Waals surface area contributed by atoms with Gasteiger partial charge in [0.05, 0.1) is 18.8 Å². The number of methoxy groups -OCH3 is 2. The number of hydrogen-bond acceptors (Lipinski definition) is 3. The van der Waals surface area contributed by atoms with Crippen LogP contribution in [0.3, 0.4) is 0 Å². The van der Waals surface area contributed by atoms with Gasteiger partial charge in [-0.05, 0) is 37.2 Å². The van der Waals surface area contributed by atoms with Crippen LogP contribution < -0.4 is 10.5 Å². The van der Waals surface area contributed by atoms with Crippen LogP contribution in [-0.4, -0.2) is 19.8 Å². The van der Waals surface area contributed by atoms with Crippen LogP contribution in [0.2, 0.25) is 0 Å². The van der Waals surface area contributed by atoms with Crippen LogP contribution in [0.25, 0.3) is 0 Å². The van der Waals surface area contributed by atoms with Crippen molar-refractivity contribution in [3.05, 3.63) is 29.6 Å². The lowest BCUT2D eigenvalue weighted by Gasteiger charge is -2.46. The highest BCUT2D eigenvalue weighted by Crippen LogP contribution is 2.47. The summed E-state index contributed by atoms with van der Waals surface area (Å²) in [6, 6.07) is 4.61. The van der Waals surface area contributed by atoms with Crippen molar-refractivity contribution in [3.8, 4) is 5.75 Å². The molecule has 1 aliphatic carbocycles. The molecule has 4 heteroatoms. The van der Waals surface area contributed by atoms with Gasteiger partial charge in [-0.25, -0.2) is 4.39 Å². The molecule has 3 nitrogen and oxygen atoms in total. The van der Waals surface area contributed by atoms with E-state index >= 15 is 0 Å². The van der Waals surface area contributed by atoms with E-state index in [0.717, 1.165) is 25.7 Å². The van der Waals surface area contributed by atoms with E-state index in [0.29, 0.717) is 11.0 Å². The fourth-order valence-electron chi connectivity index (χ4n) is 3.20. The molecule has 0 spiro atoms. The number of nitrogens with two attached hydrogens (primary N) is 1. The minimum absolute atomic E-state index is 0.227. The van der Waals surface area contributed by atoms with Crippen molar-refractivity contribution < 1.29 is 13.9 Å². The van der Waals surface area contributed by atoms with Crippen LogP contribution >= 0.6 is 0 Å². The van der Waals surface area contributed by atoms with Crippen molar-refractivity contribution in [1.82, 2.24) is 0 Å². The van der Waals surface area contributed by atoms with Crippen LogP contribution in [0, 0.1) is 11.2 Å². The third-order valence-corrected chi connectivity index (χ3v) is 4.97. The standard InChI is InChI=1S/C17H26FNO2/c1-16(2)8-10-17(21-4,11-9-16)15(19)12-6-5-7-13(20-3)14(12)18/h5-7,15H,8-11,19H2,1-4H3. The average Bonchev–Trinajstić information content (AvgIpc) is 2.47. The summed E-state index contributed by atoms with van der Waals surface area (Å²) in [7, 11) is 3.14. The lowest BCUT2D eigenvalue weighted by molar-refractivity contribution is -0.0800. The molecule has 1 atom stereocenters. The fraction of sp³-hybridized carbons (Fsp3) is 0.647. The zero-order chi connectivity index (χ0) is 15.7. The van der Waals surface area contributed by atoms with Crippen molar-refractivity contribution in [3.63, 3.8) is 0 Å². The summed E-state index contributed by atoms with van der Waals surface area (Å²) in [5.41, 5.74) is 6.68. The van der Waals surface area contributed by atoms with Crippen molar-refractivity contribution in [1.29, 1.82) is 0 Å². The van der Waals surface area contributed by atoms with Crippen LogP contribution in [0.4, 0.5) is 4.39 Å². The molecule has 0 radical (unpaired) electrons. The van der Waals surface area contributed by atoms with E-state index in [-0.39, 0.29) is 11.6 Å². The third-order valence-electron chi connectivity index (χ3n) is 4.97. The first-order chi connectivity index (χ1) is 9.85. The van der Waals surface area contributed by atoms with Gasteiger partial charge < -0.3 is 15.2 Å². The molecule has 1 fully saturated rings. The number of hydrogen-bond donors (Lipinski definition) is 1. The fourth-order valence-corrected chi connectivity index (χ4v) is 3.20. The molecule has 1 saturated carbocycles. The van der Waals surface area contributed by atoms with Crippen molar-refractivity contribution in [2.45, 2.75) is 51.2 Å². The van der Waals surface area contributed by atoms with Gasteiger partial charge in [0, 0.05) is 12.7 Å². The summed E-state index contributed by atoms with van der Waals surface area (Å²) >= 11 is 0. The van der Waals surface area contributed by atoms with Crippen LogP contribution in [0.15, 0.2) is 18.2 Å². The summed E-state index contributed by atoms with van der Waals surface area (Å²) in [6.45, 7) is 4.51. The normalized spacial score (nSPS) is 21.8. The summed E-state index contributed by atoms with van der Waals surface area (Å²) in [4.78, 5) is 0. The lowest BCUT2D eigenvalue weighted by Crippen LogP contribution is -2.47. The maximum atomic E-state index is 14.5. The molecule has 0 aliphatic heterocycles. The van der Waals surface area contributed by atoms with Crippen LogP contribution in [-0.2, 0) is 4.74 Å². The highest BCUT2D eigenvalue weighted by molar-refractivity contribution is 5.34. The van der Waals surface area contributed by atoms with Gasteiger partial charge in [0.2, 0.25) is 0 Å². The van der Waals surface area contributed by atoms with E-state index in [2.05, 4.69) is 13.8 Å². The maximum absolute atomic E-state index is 14.5. The zero-order valence-electron chi connectivity index (χ0n) is 13.4. The highest BCUT2D eigenvalue weighted by Gasteiger charge is 2.44. The molecule has 1 aromatic carbocycles. The van der Waals surface area contributed by atoms with Gasteiger partial charge in [-0.15, -0.1) is 0 Å². The Labute approximate surface area is 126 Å². The van der Waals surface area contributed by atoms with Gasteiger partial charge in [0.15, 0.2) is 11.6 Å². The molecule has 0 bridgehead atoms. The second kappa shape index (κ2) is 5.93. The molecule has 0 saturated heterocycles. The summed E-state index contributed by atoms with van der Waals surface area (Å²) in [5.74, 6) is -0.154. The van der Waals surface area contributed by atoms with Crippen molar-refractivity contribution in [2.24, 2.45) is 11.1 Å². The Kier molecular flexibility index (Phi) is 4.59. The van der Waals surface area contributed by atoms with Gasteiger partial charge in [0.1, 0.15) is 0 Å². The first-order valence-corrected chi connectivity index (χ1v) is 7.48. The molecule has 0 heterocycles. The molecule has 1 unspecified atom stereocenters. The molecular formula is C17H26FNO2. The minimum Gasteiger partial charge on any atom is -0.494 e. The van der Waals surface area contributed by atoms with Gasteiger partial charge >= 0.3 is 0 Å². The summed E-state index contributed by atoms with van der Waals surface area (Å²) < 4.78 is 25.3. The van der Waals surface area contributed by atoms with E-state index in [1.807, 2.05) is 0 Å². The van der Waals surface area contributed by atoms with E-state index in [9.17, 15) is 4.39 Å². The first-order valence-electron chi connectivity index (χ1n) is 7.48. The quantitative estimate of drug-likeness (QED) is 0.918. The number of benzene rings is 1. The summed E-state index contributed by atoms with van der Waals surface area (Å²) in [5, 5.41) is 0. The SMILES string of the molecule is COc1cccc(C(N)C2(OC)CCC(C)(C)CC2)c1F. The van der Waals surface area contributed by atoms with E-state index < -0.39 is 11.6 Å². The molecule has 1 aliphatic rings. The third kappa shape index (κ3) is 3.06. The Morgan fingerprint density at radius 2 is 1.76 bits per heavy atom. The Morgan fingerprint density at radius 1 is 1.14 bits per heavy atom. The largest absolute Gasteiger partial charge is 0.494 e. The Hall–Kier alpha value is -1.13. The Bertz CT molecular complexity index is 492. The topological polar surface area (TPSA) is 44.5 Å². The molecule has 0 aromatic heterocycles. The van der Waals surface area contributed by atoms with Crippen molar-refractivity contribution in [2.75, 3.05) is 14.2 Å². The van der Waals surface area contributed by atoms with Crippen LogP contribution in [0.5, 0.6) is 5.75 Å². The molecule has 2 rings (SSSR count). The predicted molar refractivity (Wildman–Crippen MR) is 81.9 cm³/mol. The number of rotatable bonds is 4. The van der Waals surface area contributed by atoms with Crippen LogP contribution in [0.1, 0.15) is 51.1 Å². The molecule has 0 amide bonds. The second-order valence-corrected chi connectivity index (χ2v) is 6.77. The highest BCUT2D eigenvalue weighted by atomic mass is 19.1. The van der Waals surface area contributed by atoms with Gasteiger partial charge in [-0.2, -0.15) is 0 Å². The molecule has 118 valence electrons. The monoisotopic (exact) mass is 295 g/mol. The number of halogens is 1. The second-order valence-electron chi connectivity index (χ2n) is 6.77. The van der Waals surface area contributed by atoms with E-state index in [4.69, 9.17) is 15.2 Å². The lowest BCUT2D eigenvalue weighted by atomic mass is 9.67. The van der Waals surface area contributed by atoms with Gasteiger partial charge in [-0.3, -0.25) is 0 Å². The summed E-state index contributed by atoms with van der Waals surface area (Å²) in [6.07, 6.45) is 3.74. The smallest absolute Gasteiger partial charge is 0.169 e. The Morgan fingerprint density at radius 3 is 2.29 bits per heavy atom. The predicted octanol–water partition coefficient (Wildman–Crippen LogP) is 3.82. The van der Waals surface area contributed by atoms with Gasteiger partial charge in [0.25, 0.3) is 0 Å². The molecular weight excluding hydrogens is 269 g/mol. The molecule has 2 N–H and O–H groups in total. The van der Waals surface area contributed by atoms with Crippen molar-refractivity contribution >= 4 is 0 Å². The first kappa shape index (κ1) is 16.2. The Balaban J connectivity index is 2.31.